The summed E-state index contributed by atoms with van der Waals surface area (Å²) in [5.41, 5.74) is 0.571. The van der Waals surface area contributed by atoms with E-state index in [9.17, 15) is 28.1 Å². The molecule has 41 heavy (non-hydrogen) atoms. The molecule has 13 heteroatoms. The van der Waals surface area contributed by atoms with Crippen LogP contribution in [0.2, 0.25) is 0 Å². The Hall–Kier alpha value is -4.07. The van der Waals surface area contributed by atoms with Gasteiger partial charge in [-0.3, -0.25) is 24.5 Å². The minimum atomic E-state index is -4.53. The van der Waals surface area contributed by atoms with Crippen molar-refractivity contribution in [1.29, 1.82) is 0 Å². The molecule has 0 radical (unpaired) electrons. The normalized spacial score (nSPS) is 12.1. The van der Waals surface area contributed by atoms with Crippen LogP contribution in [-0.4, -0.2) is 63.7 Å². The molecular formula is C28H33N3O9S. The first-order chi connectivity index (χ1) is 19.6. The third-order valence-electron chi connectivity index (χ3n) is 6.25. The average molecular weight is 588 g/mol. The van der Waals surface area contributed by atoms with E-state index in [1.807, 2.05) is 49.4 Å². The van der Waals surface area contributed by atoms with Crippen molar-refractivity contribution in [3.05, 3.63) is 76.3 Å². The highest BCUT2D eigenvalue weighted by atomic mass is 32.2. The fourth-order valence-corrected chi connectivity index (χ4v) is 5.34. The molecule has 0 fully saturated rings. The van der Waals surface area contributed by atoms with Crippen LogP contribution >= 0.6 is 0 Å². The molecule has 1 amide bonds. The summed E-state index contributed by atoms with van der Waals surface area (Å²) >= 11 is 0. The van der Waals surface area contributed by atoms with Gasteiger partial charge in [-0.1, -0.05) is 55.8 Å². The SMILES string of the molecule is CCCCOC(=O)C[C@H](NS(=O)(=O)c1ccc([N+](=O)[O-])cc1OCCc1cccc2ccccc12)C(=O)N(C)OC. The predicted octanol–water partition coefficient (Wildman–Crippen LogP) is 3.77. The number of ether oxygens (including phenoxy) is 2. The summed E-state index contributed by atoms with van der Waals surface area (Å²) in [6, 6.07) is 15.0. The van der Waals surface area contributed by atoms with Gasteiger partial charge >= 0.3 is 5.97 Å². The zero-order valence-electron chi connectivity index (χ0n) is 23.1. The Bertz CT molecular complexity index is 1490. The molecule has 0 spiro atoms. The van der Waals surface area contributed by atoms with Crippen LogP contribution in [0.3, 0.4) is 0 Å². The van der Waals surface area contributed by atoms with Crippen molar-refractivity contribution in [2.75, 3.05) is 27.4 Å². The van der Waals surface area contributed by atoms with Gasteiger partial charge in [-0.2, -0.15) is 4.72 Å². The number of hydroxylamine groups is 2. The Kier molecular flexibility index (Phi) is 11.1. The second-order valence-electron chi connectivity index (χ2n) is 9.10. The van der Waals surface area contributed by atoms with Crippen molar-refractivity contribution in [2.24, 2.45) is 0 Å². The molecule has 0 aliphatic carbocycles. The van der Waals surface area contributed by atoms with Crippen LogP contribution in [0.4, 0.5) is 5.69 Å². The van der Waals surface area contributed by atoms with Crippen molar-refractivity contribution in [2.45, 2.75) is 43.5 Å². The number of benzene rings is 3. The number of fused-ring (bicyclic) bond motifs is 1. The number of nitro groups is 1. The molecule has 0 heterocycles. The number of carbonyl (C=O) groups is 2. The molecule has 0 saturated heterocycles. The third-order valence-corrected chi connectivity index (χ3v) is 7.76. The van der Waals surface area contributed by atoms with Gasteiger partial charge < -0.3 is 9.47 Å². The van der Waals surface area contributed by atoms with E-state index in [0.717, 1.165) is 46.0 Å². The van der Waals surface area contributed by atoms with Crippen LogP contribution in [0.15, 0.2) is 65.6 Å². The summed E-state index contributed by atoms with van der Waals surface area (Å²) in [7, 11) is -2.06. The first-order valence-electron chi connectivity index (χ1n) is 12.9. The van der Waals surface area contributed by atoms with Gasteiger partial charge in [0.1, 0.15) is 16.7 Å². The monoisotopic (exact) mass is 587 g/mol. The third kappa shape index (κ3) is 8.46. The molecular weight excluding hydrogens is 554 g/mol. The van der Waals surface area contributed by atoms with E-state index in [1.54, 1.807) is 0 Å². The summed E-state index contributed by atoms with van der Waals surface area (Å²) in [5, 5.41) is 14.2. The van der Waals surface area contributed by atoms with Gasteiger partial charge in [-0.05, 0) is 28.8 Å². The lowest BCUT2D eigenvalue weighted by atomic mass is 10.0. The molecule has 0 aromatic heterocycles. The second kappa shape index (κ2) is 14.5. The first kappa shape index (κ1) is 31.5. The second-order valence-corrected chi connectivity index (χ2v) is 10.8. The van der Waals surface area contributed by atoms with E-state index in [0.29, 0.717) is 12.8 Å². The lowest BCUT2D eigenvalue weighted by Crippen LogP contribution is -2.48. The topological polar surface area (TPSA) is 154 Å². The Morgan fingerprint density at radius 2 is 1.80 bits per heavy atom. The van der Waals surface area contributed by atoms with Gasteiger partial charge in [0.25, 0.3) is 11.6 Å². The molecule has 0 unspecified atom stereocenters. The summed E-state index contributed by atoms with van der Waals surface area (Å²) in [4.78, 5) is 40.4. The first-order valence-corrected chi connectivity index (χ1v) is 14.4. The Labute approximate surface area is 238 Å². The minimum Gasteiger partial charge on any atom is -0.492 e. The number of esters is 1. The van der Waals surface area contributed by atoms with Gasteiger partial charge in [0.15, 0.2) is 0 Å². The molecule has 0 saturated carbocycles. The largest absolute Gasteiger partial charge is 0.492 e. The maximum Gasteiger partial charge on any atom is 0.307 e. The van der Waals surface area contributed by atoms with Gasteiger partial charge in [0.05, 0.1) is 37.7 Å². The lowest BCUT2D eigenvalue weighted by Gasteiger charge is -2.22. The molecule has 0 bridgehead atoms. The van der Waals surface area contributed by atoms with Crippen molar-refractivity contribution in [3.8, 4) is 5.75 Å². The number of nitrogens with zero attached hydrogens (tertiary/aromatic N) is 2. The molecule has 3 rings (SSSR count). The van der Waals surface area contributed by atoms with Crippen molar-refractivity contribution < 1.29 is 37.2 Å². The summed E-state index contributed by atoms with van der Waals surface area (Å²) in [5.74, 6) is -1.90. The number of rotatable bonds is 15. The van der Waals surface area contributed by atoms with Crippen molar-refractivity contribution >= 4 is 38.4 Å². The number of sulfonamides is 1. The average Bonchev–Trinajstić information content (AvgIpc) is 2.96. The number of likely N-dealkylation sites (N-methyl/N-ethyl adjacent to an activating group) is 1. The maximum atomic E-state index is 13.5. The summed E-state index contributed by atoms with van der Waals surface area (Å²) < 4.78 is 40.1. The van der Waals surface area contributed by atoms with E-state index in [-0.39, 0.29) is 24.7 Å². The molecule has 0 aliphatic heterocycles. The van der Waals surface area contributed by atoms with E-state index in [2.05, 4.69) is 4.72 Å². The molecule has 0 aliphatic rings. The van der Waals surface area contributed by atoms with Crippen molar-refractivity contribution in [1.82, 2.24) is 9.79 Å². The predicted molar refractivity (Wildman–Crippen MR) is 151 cm³/mol. The molecule has 220 valence electrons. The maximum absolute atomic E-state index is 13.5. The molecule has 3 aromatic rings. The van der Waals surface area contributed by atoms with Crippen molar-refractivity contribution in [3.63, 3.8) is 0 Å². The number of amides is 1. The molecule has 1 N–H and O–H groups in total. The number of non-ortho nitro benzene ring substituents is 1. The molecule has 3 aromatic carbocycles. The lowest BCUT2D eigenvalue weighted by molar-refractivity contribution is -0.385. The van der Waals surface area contributed by atoms with Crippen LogP contribution in [-0.2, 0) is 35.6 Å². The number of hydrogen-bond acceptors (Lipinski definition) is 9. The van der Waals surface area contributed by atoms with Crippen LogP contribution in [0.5, 0.6) is 5.75 Å². The highest BCUT2D eigenvalue weighted by Gasteiger charge is 2.33. The van der Waals surface area contributed by atoms with Crippen LogP contribution in [0.25, 0.3) is 10.8 Å². The Morgan fingerprint density at radius 3 is 2.51 bits per heavy atom. The number of nitrogens with one attached hydrogen (secondary N) is 1. The van der Waals surface area contributed by atoms with Crippen LogP contribution < -0.4 is 9.46 Å². The van der Waals surface area contributed by atoms with Gasteiger partial charge in [0.2, 0.25) is 10.0 Å². The fraction of sp³-hybridized carbons (Fsp3) is 0.357. The van der Waals surface area contributed by atoms with E-state index in [4.69, 9.17) is 14.3 Å². The van der Waals surface area contributed by atoms with Crippen LogP contribution in [0, 0.1) is 10.1 Å². The number of unbranched alkanes of at least 4 members (excludes halogenated alkanes) is 1. The smallest absolute Gasteiger partial charge is 0.307 e. The van der Waals surface area contributed by atoms with E-state index >= 15 is 0 Å². The summed E-state index contributed by atoms with van der Waals surface area (Å²) in [6.45, 7) is 2.05. The summed E-state index contributed by atoms with van der Waals surface area (Å²) in [6.07, 6.45) is 1.18. The zero-order chi connectivity index (χ0) is 30.0. The standard InChI is InChI=1S/C28H33N3O9S/c1-4-5-16-40-27(32)19-24(28(33)30(2)38-3)29-41(36,37)26-14-13-22(31(34)35)18-25(26)39-17-15-21-11-8-10-20-9-6-7-12-23(20)21/h6-14,18,24,29H,4-5,15-17,19H2,1-3H3/t24-/m0/s1. The van der Waals surface area contributed by atoms with Crippen LogP contribution in [0.1, 0.15) is 31.7 Å². The van der Waals surface area contributed by atoms with Gasteiger partial charge in [0, 0.05) is 19.5 Å². The van der Waals surface area contributed by atoms with Gasteiger partial charge in [-0.15, -0.1) is 0 Å². The van der Waals surface area contributed by atoms with E-state index in [1.165, 1.54) is 14.2 Å². The quantitative estimate of drug-likeness (QED) is 0.121. The van der Waals surface area contributed by atoms with Gasteiger partial charge in [-0.25, -0.2) is 13.5 Å². The minimum absolute atomic E-state index is 0.0101. The molecule has 1 atom stereocenters. The highest BCUT2D eigenvalue weighted by Crippen LogP contribution is 2.30. The number of carbonyl (C=O) groups excluding carboxylic acids is 2. The number of nitro benzene ring substituents is 1. The Morgan fingerprint density at radius 1 is 1.07 bits per heavy atom. The highest BCUT2D eigenvalue weighted by molar-refractivity contribution is 7.89. The Balaban J connectivity index is 1.87. The zero-order valence-corrected chi connectivity index (χ0v) is 23.9. The fourth-order valence-electron chi connectivity index (χ4n) is 4.02. The number of hydrogen-bond donors (Lipinski definition) is 1. The van der Waals surface area contributed by atoms with E-state index < -0.39 is 44.2 Å². The molecule has 12 nitrogen and oxygen atoms in total.